The van der Waals surface area contributed by atoms with Gasteiger partial charge in [0.2, 0.25) is 10.4 Å². The third-order valence-corrected chi connectivity index (χ3v) is 5.79. The van der Waals surface area contributed by atoms with Gasteiger partial charge in [0.05, 0.1) is 54.4 Å². The van der Waals surface area contributed by atoms with Crippen LogP contribution in [0.15, 0.2) is 55.6 Å². The zero-order valence-corrected chi connectivity index (χ0v) is 23.2. The van der Waals surface area contributed by atoms with Gasteiger partial charge in [-0.25, -0.2) is 8.42 Å². The van der Waals surface area contributed by atoms with Crippen molar-refractivity contribution in [3.05, 3.63) is 61.0 Å². The number of azo groups is 1. The summed E-state index contributed by atoms with van der Waals surface area (Å²) in [7, 11) is 2.95. The molecule has 0 heterocycles. The summed E-state index contributed by atoms with van der Waals surface area (Å²) in [6.45, 7) is 3.02. The van der Waals surface area contributed by atoms with Crippen LogP contribution < -0.4 is 5.32 Å². The third-order valence-electron chi connectivity index (χ3n) is 4.17. The number of non-ortho nitro benzene ring substituents is 1. The molecule has 2 rings (SSSR count). The molecule has 0 aliphatic carbocycles. The maximum absolute atomic E-state index is 10.9. The summed E-state index contributed by atoms with van der Waals surface area (Å²) >= 11 is 6.62. The molecule has 0 fully saturated rings. The Balaban J connectivity index is 0.000000852. The Hall–Kier alpha value is -1.81. The van der Waals surface area contributed by atoms with Crippen molar-refractivity contribution in [1.82, 2.24) is 5.32 Å². The standard InChI is InChI=1S/C19H24Br2N5O2.CH4O4S/c1-26(2,3)11-10-22-9-8-14-4-6-15(7-5-14)23-24-19-17(20)12-16(25(27)28)13-18(19)21;1-5-6(2,3)4/h4-7,12-13,22H,8-11H2,1-3H3;1H3,(H,2,3,4)/q+1;/p-1. The van der Waals surface area contributed by atoms with Gasteiger partial charge < -0.3 is 14.4 Å². The predicted octanol–water partition coefficient (Wildman–Crippen LogP) is 4.47. The molecule has 0 aliphatic heterocycles. The van der Waals surface area contributed by atoms with E-state index in [0.717, 1.165) is 43.3 Å². The van der Waals surface area contributed by atoms with E-state index >= 15 is 0 Å². The van der Waals surface area contributed by atoms with E-state index in [1.807, 2.05) is 24.3 Å². The molecule has 0 unspecified atom stereocenters. The zero-order valence-electron chi connectivity index (χ0n) is 19.2. The molecule has 0 amide bonds. The molecular weight excluding hydrogens is 598 g/mol. The lowest BCUT2D eigenvalue weighted by molar-refractivity contribution is -0.869. The quantitative estimate of drug-likeness (QED) is 0.0780. The molecule has 0 spiro atoms. The van der Waals surface area contributed by atoms with Crippen LogP contribution in [0.3, 0.4) is 0 Å². The Morgan fingerprint density at radius 1 is 1.06 bits per heavy atom. The first-order chi connectivity index (χ1) is 15.7. The number of halogens is 2. The number of nitro groups is 1. The minimum absolute atomic E-state index is 0.0166. The van der Waals surface area contributed by atoms with Crippen molar-refractivity contribution in [1.29, 1.82) is 0 Å². The van der Waals surface area contributed by atoms with E-state index in [4.69, 9.17) is 0 Å². The van der Waals surface area contributed by atoms with Crippen LogP contribution in [0.5, 0.6) is 0 Å². The van der Waals surface area contributed by atoms with Crippen molar-refractivity contribution >= 4 is 59.3 Å². The average Bonchev–Trinajstić information content (AvgIpc) is 2.73. The van der Waals surface area contributed by atoms with Gasteiger partial charge in [0, 0.05) is 18.7 Å². The maximum Gasteiger partial charge on any atom is 0.271 e. The van der Waals surface area contributed by atoms with E-state index in [2.05, 4.69) is 72.7 Å². The highest BCUT2D eigenvalue weighted by Gasteiger charge is 2.13. The van der Waals surface area contributed by atoms with E-state index in [1.165, 1.54) is 17.7 Å². The van der Waals surface area contributed by atoms with Crippen molar-refractivity contribution in [2.24, 2.45) is 10.2 Å². The lowest BCUT2D eigenvalue weighted by Gasteiger charge is -2.23. The second-order valence-electron chi connectivity index (χ2n) is 7.97. The van der Waals surface area contributed by atoms with Gasteiger partial charge in [-0.3, -0.25) is 14.3 Å². The van der Waals surface area contributed by atoms with E-state index in [0.29, 0.717) is 14.6 Å². The van der Waals surface area contributed by atoms with E-state index in [1.54, 1.807) is 0 Å². The minimum atomic E-state index is -4.41. The fourth-order valence-electron chi connectivity index (χ4n) is 2.36. The lowest BCUT2D eigenvalue weighted by atomic mass is 10.1. The van der Waals surface area contributed by atoms with Crippen LogP contribution in [0.25, 0.3) is 0 Å². The summed E-state index contributed by atoms with van der Waals surface area (Å²) in [5, 5.41) is 22.8. The molecule has 14 heteroatoms. The molecule has 0 saturated heterocycles. The molecule has 0 atom stereocenters. The summed E-state index contributed by atoms with van der Waals surface area (Å²) in [6.07, 6.45) is 0.952. The first kappa shape index (κ1) is 30.2. The van der Waals surface area contributed by atoms with Crippen molar-refractivity contribution in [2.45, 2.75) is 6.42 Å². The van der Waals surface area contributed by atoms with Gasteiger partial charge in [0.1, 0.15) is 5.69 Å². The van der Waals surface area contributed by atoms with E-state index in [-0.39, 0.29) is 5.69 Å². The Morgan fingerprint density at radius 2 is 1.59 bits per heavy atom. The Morgan fingerprint density at radius 3 is 2.03 bits per heavy atom. The number of quaternary nitrogens is 1. The van der Waals surface area contributed by atoms with Crippen LogP contribution in [0.4, 0.5) is 17.1 Å². The topological polar surface area (TPSA) is 146 Å². The first-order valence-corrected chi connectivity index (χ1v) is 12.8. The van der Waals surface area contributed by atoms with Crippen molar-refractivity contribution in [2.75, 3.05) is 47.9 Å². The summed E-state index contributed by atoms with van der Waals surface area (Å²) in [6, 6.07) is 10.7. The van der Waals surface area contributed by atoms with Crippen LogP contribution in [0.2, 0.25) is 0 Å². The number of benzene rings is 2. The number of nitrogens with one attached hydrogen (secondary N) is 1. The number of hydrogen-bond acceptors (Lipinski definition) is 9. The van der Waals surface area contributed by atoms with Gasteiger partial charge in [-0.1, -0.05) is 12.1 Å². The fourth-order valence-corrected chi connectivity index (χ4v) is 3.68. The highest BCUT2D eigenvalue weighted by Crippen LogP contribution is 2.38. The predicted molar refractivity (Wildman–Crippen MR) is 135 cm³/mol. The van der Waals surface area contributed by atoms with Gasteiger partial charge in [0.25, 0.3) is 5.69 Å². The van der Waals surface area contributed by atoms with Crippen LogP contribution in [0.1, 0.15) is 5.56 Å². The highest BCUT2D eigenvalue weighted by atomic mass is 79.9. The second-order valence-corrected chi connectivity index (χ2v) is 10.8. The highest BCUT2D eigenvalue weighted by molar-refractivity contribution is 9.11. The summed E-state index contributed by atoms with van der Waals surface area (Å²) < 4.78 is 33.0. The zero-order chi connectivity index (χ0) is 25.9. The van der Waals surface area contributed by atoms with Gasteiger partial charge in [-0.15, -0.1) is 5.11 Å². The van der Waals surface area contributed by atoms with Crippen LogP contribution in [-0.2, 0) is 21.0 Å². The Labute approximate surface area is 216 Å². The number of hydrogen-bond donors (Lipinski definition) is 1. The fraction of sp³-hybridized carbons (Fsp3) is 0.400. The molecule has 34 heavy (non-hydrogen) atoms. The SMILES string of the molecule is COS(=O)(=O)[O-].C[N+](C)(C)CCNCCc1ccc(N=Nc2c(Br)cc([N+](=O)[O-])cc2Br)cc1. The molecular formula is C20H27Br2N5O6S. The monoisotopic (exact) mass is 623 g/mol. The Bertz CT molecular complexity index is 1070. The summed E-state index contributed by atoms with van der Waals surface area (Å²) in [5.41, 5.74) is 2.45. The number of nitro benzene ring substituents is 1. The molecule has 0 aliphatic rings. The van der Waals surface area contributed by atoms with Crippen LogP contribution in [-0.4, -0.2) is 70.3 Å². The van der Waals surface area contributed by atoms with Gasteiger partial charge in [-0.05, 0) is 62.5 Å². The van der Waals surface area contributed by atoms with Crippen LogP contribution >= 0.6 is 31.9 Å². The van der Waals surface area contributed by atoms with Gasteiger partial charge in [-0.2, -0.15) is 5.11 Å². The molecule has 0 radical (unpaired) electrons. The molecule has 11 nitrogen and oxygen atoms in total. The molecule has 0 bridgehead atoms. The maximum atomic E-state index is 10.9. The molecule has 2 aromatic carbocycles. The van der Waals surface area contributed by atoms with Crippen molar-refractivity contribution in [3.63, 3.8) is 0 Å². The first-order valence-electron chi connectivity index (χ1n) is 9.88. The summed E-state index contributed by atoms with van der Waals surface area (Å²) in [5.74, 6) is 0. The number of rotatable bonds is 10. The Kier molecular flexibility index (Phi) is 12.4. The second kappa shape index (κ2) is 13.9. The molecule has 188 valence electrons. The lowest BCUT2D eigenvalue weighted by Crippen LogP contribution is -2.40. The van der Waals surface area contributed by atoms with Crippen molar-refractivity contribution < 1.29 is 26.6 Å². The third kappa shape index (κ3) is 12.6. The smallest absolute Gasteiger partial charge is 0.271 e. The normalized spacial score (nSPS) is 11.9. The minimum Gasteiger partial charge on any atom is -0.726 e. The molecule has 1 N–H and O–H groups in total. The largest absolute Gasteiger partial charge is 0.726 e. The van der Waals surface area contributed by atoms with Crippen molar-refractivity contribution in [3.8, 4) is 0 Å². The molecule has 0 aromatic heterocycles. The van der Waals surface area contributed by atoms with Gasteiger partial charge >= 0.3 is 0 Å². The van der Waals surface area contributed by atoms with Gasteiger partial charge in [0.15, 0.2) is 0 Å². The van der Waals surface area contributed by atoms with E-state index < -0.39 is 15.3 Å². The van der Waals surface area contributed by atoms with E-state index in [9.17, 15) is 23.1 Å². The number of nitrogens with zero attached hydrogens (tertiary/aromatic N) is 4. The average molecular weight is 625 g/mol. The summed E-state index contributed by atoms with van der Waals surface area (Å²) in [4.78, 5) is 10.4. The van der Waals surface area contributed by atoms with Crippen LogP contribution in [0, 0.1) is 10.1 Å². The number of likely N-dealkylation sites (N-methyl/N-ethyl adjacent to an activating group) is 1. The molecule has 2 aromatic rings. The molecule has 0 saturated carbocycles.